The molecule has 100 valence electrons. The summed E-state index contributed by atoms with van der Waals surface area (Å²) in [4.78, 5) is 12.0. The van der Waals surface area contributed by atoms with Gasteiger partial charge in [-0.3, -0.25) is 4.79 Å². The van der Waals surface area contributed by atoms with Gasteiger partial charge in [0.05, 0.1) is 12.1 Å². The van der Waals surface area contributed by atoms with Crippen LogP contribution in [0.2, 0.25) is 0 Å². The first-order chi connectivity index (χ1) is 8.60. The number of carbonyl (C=O) groups excluding carboxylic acids is 1. The number of benzene rings is 1. The van der Waals surface area contributed by atoms with Crippen molar-refractivity contribution < 1.29 is 4.79 Å². The minimum absolute atomic E-state index is 0.0498. The summed E-state index contributed by atoms with van der Waals surface area (Å²) >= 11 is 0. The Bertz CT molecular complexity index is 364. The molecule has 0 fully saturated rings. The summed E-state index contributed by atoms with van der Waals surface area (Å²) in [6, 6.07) is 9.63. The molecule has 1 aromatic rings. The first-order valence-electron chi connectivity index (χ1n) is 6.71. The molecule has 0 aromatic heterocycles. The Morgan fingerprint density at radius 3 is 2.33 bits per heavy atom. The molecule has 0 saturated carbocycles. The maximum atomic E-state index is 12.0. The average Bonchev–Trinajstić information content (AvgIpc) is 2.43. The molecule has 1 amide bonds. The molecule has 0 saturated heterocycles. The van der Waals surface area contributed by atoms with Gasteiger partial charge in [-0.2, -0.15) is 0 Å². The Morgan fingerprint density at radius 2 is 1.83 bits per heavy atom. The van der Waals surface area contributed by atoms with Gasteiger partial charge in [-0.15, -0.1) is 0 Å². The van der Waals surface area contributed by atoms with E-state index in [1.165, 1.54) is 0 Å². The summed E-state index contributed by atoms with van der Waals surface area (Å²) in [7, 11) is 0. The van der Waals surface area contributed by atoms with Crippen molar-refractivity contribution in [2.75, 3.05) is 0 Å². The van der Waals surface area contributed by atoms with E-state index in [4.69, 9.17) is 5.73 Å². The molecule has 0 spiro atoms. The van der Waals surface area contributed by atoms with Crippen molar-refractivity contribution in [3.8, 4) is 0 Å². The Morgan fingerprint density at radius 1 is 1.22 bits per heavy atom. The third-order valence-corrected chi connectivity index (χ3v) is 3.49. The lowest BCUT2D eigenvalue weighted by Crippen LogP contribution is -2.45. The second-order valence-corrected chi connectivity index (χ2v) is 4.79. The molecule has 1 aromatic carbocycles. The third kappa shape index (κ3) is 3.84. The maximum Gasteiger partial charge on any atom is 0.237 e. The highest BCUT2D eigenvalue weighted by atomic mass is 16.2. The first-order valence-corrected chi connectivity index (χ1v) is 6.71. The number of amides is 1. The van der Waals surface area contributed by atoms with Crippen molar-refractivity contribution in [3.63, 3.8) is 0 Å². The summed E-state index contributed by atoms with van der Waals surface area (Å²) in [6.07, 6.45) is 1.78. The van der Waals surface area contributed by atoms with E-state index >= 15 is 0 Å². The molecule has 18 heavy (non-hydrogen) atoms. The lowest BCUT2D eigenvalue weighted by Gasteiger charge is -2.23. The number of hydrogen-bond acceptors (Lipinski definition) is 2. The molecule has 0 radical (unpaired) electrons. The number of hydrogen-bond donors (Lipinski definition) is 2. The number of nitrogens with two attached hydrogens (primary N) is 1. The van der Waals surface area contributed by atoms with Crippen LogP contribution in [0.5, 0.6) is 0 Å². The molecule has 3 heteroatoms. The summed E-state index contributed by atoms with van der Waals surface area (Å²) in [5.74, 6) is 0.151. The molecule has 3 nitrogen and oxygen atoms in total. The van der Waals surface area contributed by atoms with Gasteiger partial charge in [0.1, 0.15) is 0 Å². The third-order valence-electron chi connectivity index (χ3n) is 3.49. The van der Waals surface area contributed by atoms with Crippen LogP contribution >= 0.6 is 0 Å². The largest absolute Gasteiger partial charge is 0.348 e. The Balaban J connectivity index is 2.67. The summed E-state index contributed by atoms with van der Waals surface area (Å²) < 4.78 is 0. The van der Waals surface area contributed by atoms with Crippen LogP contribution in [0.15, 0.2) is 30.3 Å². The highest BCUT2D eigenvalue weighted by Gasteiger charge is 2.22. The lowest BCUT2D eigenvalue weighted by molar-refractivity contribution is -0.124. The second-order valence-electron chi connectivity index (χ2n) is 4.79. The molecular formula is C15H24N2O. The van der Waals surface area contributed by atoms with Crippen molar-refractivity contribution in [1.82, 2.24) is 5.32 Å². The highest BCUT2D eigenvalue weighted by Crippen LogP contribution is 2.16. The Labute approximate surface area is 110 Å². The Kier molecular flexibility index (Phi) is 5.86. The van der Waals surface area contributed by atoms with Gasteiger partial charge in [-0.05, 0) is 17.9 Å². The van der Waals surface area contributed by atoms with Crippen molar-refractivity contribution in [2.24, 2.45) is 11.7 Å². The van der Waals surface area contributed by atoms with E-state index in [0.717, 1.165) is 18.4 Å². The van der Waals surface area contributed by atoms with Gasteiger partial charge in [0.2, 0.25) is 5.91 Å². The molecule has 0 aliphatic carbocycles. The molecule has 3 N–H and O–H groups in total. The van der Waals surface area contributed by atoms with Crippen LogP contribution < -0.4 is 11.1 Å². The van der Waals surface area contributed by atoms with E-state index in [-0.39, 0.29) is 17.9 Å². The molecule has 2 unspecified atom stereocenters. The first kappa shape index (κ1) is 14.7. The monoisotopic (exact) mass is 248 g/mol. The fourth-order valence-corrected chi connectivity index (χ4v) is 1.89. The topological polar surface area (TPSA) is 55.1 Å². The molecule has 1 rings (SSSR count). The molecule has 0 bridgehead atoms. The smallest absolute Gasteiger partial charge is 0.237 e. The van der Waals surface area contributed by atoms with E-state index < -0.39 is 6.04 Å². The molecule has 0 heterocycles. The molecular weight excluding hydrogens is 224 g/mol. The van der Waals surface area contributed by atoms with Crippen LogP contribution in [0.25, 0.3) is 0 Å². The van der Waals surface area contributed by atoms with E-state index in [2.05, 4.69) is 12.2 Å². The zero-order chi connectivity index (χ0) is 13.5. The van der Waals surface area contributed by atoms with Gasteiger partial charge in [-0.1, -0.05) is 57.5 Å². The van der Waals surface area contributed by atoms with Gasteiger partial charge in [0.25, 0.3) is 0 Å². The fourth-order valence-electron chi connectivity index (χ4n) is 1.89. The molecule has 0 aliphatic heterocycles. The minimum Gasteiger partial charge on any atom is -0.348 e. The van der Waals surface area contributed by atoms with Crippen LogP contribution in [-0.2, 0) is 4.79 Å². The van der Waals surface area contributed by atoms with Gasteiger partial charge in [-0.25, -0.2) is 0 Å². The van der Waals surface area contributed by atoms with Crippen molar-refractivity contribution >= 4 is 5.91 Å². The summed E-state index contributed by atoms with van der Waals surface area (Å²) in [5.41, 5.74) is 7.07. The highest BCUT2D eigenvalue weighted by molar-refractivity contribution is 5.82. The van der Waals surface area contributed by atoms with E-state index in [0.29, 0.717) is 0 Å². The summed E-state index contributed by atoms with van der Waals surface area (Å²) in [5, 5.41) is 3.03. The van der Waals surface area contributed by atoms with Gasteiger partial charge in [0.15, 0.2) is 0 Å². The SMILES string of the molecule is CCC(NC(=O)[C@@H](N)C(C)CC)c1ccccc1. The van der Waals surface area contributed by atoms with E-state index in [9.17, 15) is 4.79 Å². The number of carbonyl (C=O) groups is 1. The van der Waals surface area contributed by atoms with Gasteiger partial charge < -0.3 is 11.1 Å². The second kappa shape index (κ2) is 7.17. The minimum atomic E-state index is -0.423. The quantitative estimate of drug-likeness (QED) is 0.813. The van der Waals surface area contributed by atoms with Crippen LogP contribution in [0.3, 0.4) is 0 Å². The van der Waals surface area contributed by atoms with Crippen LogP contribution in [0.1, 0.15) is 45.2 Å². The van der Waals surface area contributed by atoms with Crippen molar-refractivity contribution in [2.45, 2.75) is 45.7 Å². The fraction of sp³-hybridized carbons (Fsp3) is 0.533. The van der Waals surface area contributed by atoms with Gasteiger partial charge in [0, 0.05) is 0 Å². The average molecular weight is 248 g/mol. The number of nitrogens with one attached hydrogen (secondary N) is 1. The normalized spacial score (nSPS) is 15.8. The Hall–Kier alpha value is -1.35. The van der Waals surface area contributed by atoms with Crippen LogP contribution in [-0.4, -0.2) is 11.9 Å². The zero-order valence-corrected chi connectivity index (χ0v) is 11.5. The standard InChI is InChI=1S/C15H24N2O/c1-4-11(3)14(16)15(18)17-13(5-2)12-9-7-6-8-10-12/h6-11,13-14H,4-5,16H2,1-3H3,(H,17,18)/t11?,13?,14-/m0/s1. The van der Waals surface area contributed by atoms with Crippen molar-refractivity contribution in [3.05, 3.63) is 35.9 Å². The van der Waals surface area contributed by atoms with E-state index in [1.807, 2.05) is 44.2 Å². The zero-order valence-electron chi connectivity index (χ0n) is 11.5. The molecule has 3 atom stereocenters. The predicted molar refractivity (Wildman–Crippen MR) is 75.0 cm³/mol. The molecule has 0 aliphatic rings. The lowest BCUT2D eigenvalue weighted by atomic mass is 9.98. The maximum absolute atomic E-state index is 12.0. The van der Waals surface area contributed by atoms with Crippen LogP contribution in [0.4, 0.5) is 0 Å². The van der Waals surface area contributed by atoms with Gasteiger partial charge >= 0.3 is 0 Å². The van der Waals surface area contributed by atoms with Crippen LogP contribution in [0, 0.1) is 5.92 Å². The number of rotatable bonds is 6. The summed E-state index contributed by atoms with van der Waals surface area (Å²) in [6.45, 7) is 6.12. The van der Waals surface area contributed by atoms with Crippen molar-refractivity contribution in [1.29, 1.82) is 0 Å². The van der Waals surface area contributed by atoms with E-state index in [1.54, 1.807) is 0 Å². The predicted octanol–water partition coefficient (Wildman–Crippen LogP) is 2.63.